The monoisotopic (exact) mass is 738 g/mol. The number of nitrogens with two attached hydrogens (primary N) is 2. The van der Waals surface area contributed by atoms with Gasteiger partial charge in [0.15, 0.2) is 16.9 Å². The topological polar surface area (TPSA) is 291 Å². The largest absolute Gasteiger partial charge is 0.485 e. The van der Waals surface area contributed by atoms with E-state index in [1.54, 1.807) is 12.1 Å². The number of piperidine rings is 1. The number of aromatic nitrogens is 1. The molecule has 0 aliphatic carbocycles. The Morgan fingerprint density at radius 2 is 2.06 bits per heavy atom. The lowest BCUT2D eigenvalue weighted by Gasteiger charge is -2.50. The number of carbonyl (C=O) groups is 3. The Bertz CT molecular complexity index is 1830. The SMILES string of the molecule is CC(ON=C(C(=O)NC1C(=O)N(OS(=O)(=O)O)C1(C)C)c1csc(N)n1)(C(=O)O)C1CCc2cc(C(N)=N[C@@H]3CCN[C@@H](CO)C3)ccc2O1. The molecule has 272 valence electrons. The number of ether oxygens (including phenoxy) is 1. The first-order valence-electron chi connectivity index (χ1n) is 15.4. The van der Waals surface area contributed by atoms with Crippen LogP contribution in [-0.4, -0.2) is 111 Å². The van der Waals surface area contributed by atoms with Gasteiger partial charge in [-0.2, -0.15) is 13.5 Å². The van der Waals surface area contributed by atoms with Crippen LogP contribution in [0.15, 0.2) is 33.7 Å². The number of benzene rings is 1. The maximum Gasteiger partial charge on any atom is 0.418 e. The summed E-state index contributed by atoms with van der Waals surface area (Å²) in [6.45, 7) is 4.70. The molecule has 3 aliphatic rings. The van der Waals surface area contributed by atoms with Gasteiger partial charge in [-0.1, -0.05) is 5.16 Å². The molecule has 19 nitrogen and oxygen atoms in total. The van der Waals surface area contributed by atoms with E-state index in [-0.39, 0.29) is 35.9 Å². The van der Waals surface area contributed by atoms with Crippen LogP contribution in [-0.2, 0) is 40.3 Å². The summed E-state index contributed by atoms with van der Waals surface area (Å²) in [4.78, 5) is 53.0. The minimum Gasteiger partial charge on any atom is -0.485 e. The number of carboxylic acids is 1. The van der Waals surface area contributed by atoms with Crippen molar-refractivity contribution in [3.05, 3.63) is 40.4 Å². The Kier molecular flexibility index (Phi) is 10.4. The number of fused-ring (bicyclic) bond motifs is 1. The molecule has 5 atom stereocenters. The second-order valence-corrected chi connectivity index (χ2v) is 14.6. The second-order valence-electron chi connectivity index (χ2n) is 12.7. The van der Waals surface area contributed by atoms with Crippen LogP contribution < -0.4 is 26.8 Å². The number of rotatable bonds is 12. The van der Waals surface area contributed by atoms with Crippen molar-refractivity contribution in [2.75, 3.05) is 18.9 Å². The molecule has 2 amide bonds. The normalized spacial score (nSPS) is 25.1. The minimum atomic E-state index is -5.03. The van der Waals surface area contributed by atoms with Gasteiger partial charge in [0.2, 0.25) is 0 Å². The number of amides is 2. The van der Waals surface area contributed by atoms with E-state index in [9.17, 15) is 33.0 Å². The molecule has 2 fully saturated rings. The molecule has 3 unspecified atom stereocenters. The number of aliphatic carboxylic acids is 1. The number of anilines is 1. The van der Waals surface area contributed by atoms with Crippen LogP contribution in [0.25, 0.3) is 0 Å². The first-order chi connectivity index (χ1) is 23.4. The summed E-state index contributed by atoms with van der Waals surface area (Å²) in [7, 11) is -5.03. The summed E-state index contributed by atoms with van der Waals surface area (Å²) >= 11 is 0.959. The third kappa shape index (κ3) is 7.66. The van der Waals surface area contributed by atoms with Gasteiger partial charge in [-0.25, -0.2) is 9.78 Å². The molecule has 0 bridgehead atoms. The van der Waals surface area contributed by atoms with E-state index in [1.165, 1.54) is 26.2 Å². The molecule has 0 radical (unpaired) electrons. The van der Waals surface area contributed by atoms with Crippen molar-refractivity contribution in [2.24, 2.45) is 15.9 Å². The van der Waals surface area contributed by atoms with Crippen LogP contribution >= 0.6 is 11.3 Å². The zero-order valence-electron chi connectivity index (χ0n) is 27.2. The first kappa shape index (κ1) is 36.9. The first-order valence-corrected chi connectivity index (χ1v) is 17.7. The number of aliphatic imine (C=N–C) groups is 1. The highest BCUT2D eigenvalue weighted by Gasteiger charge is 2.58. The number of hydroxylamine groups is 2. The van der Waals surface area contributed by atoms with Gasteiger partial charge < -0.3 is 41.9 Å². The van der Waals surface area contributed by atoms with E-state index >= 15 is 0 Å². The smallest absolute Gasteiger partial charge is 0.418 e. The third-order valence-electron chi connectivity index (χ3n) is 8.78. The molecule has 2 saturated heterocycles. The lowest BCUT2D eigenvalue weighted by atomic mass is 9.84. The van der Waals surface area contributed by atoms with Crippen LogP contribution in [0.4, 0.5) is 5.13 Å². The maximum absolute atomic E-state index is 13.5. The number of β-lactam (4-membered cyclic amide) rings is 1. The lowest BCUT2D eigenvalue weighted by Crippen LogP contribution is -2.76. The minimum absolute atomic E-state index is 0.0120. The van der Waals surface area contributed by atoms with E-state index in [4.69, 9.17) is 25.6 Å². The zero-order valence-corrected chi connectivity index (χ0v) is 28.9. The number of nitrogens with zero attached hydrogens (tertiary/aromatic N) is 4. The van der Waals surface area contributed by atoms with E-state index < -0.39 is 57.2 Å². The molecule has 21 heteroatoms. The van der Waals surface area contributed by atoms with Crippen LogP contribution in [0.2, 0.25) is 0 Å². The highest BCUT2D eigenvalue weighted by molar-refractivity contribution is 7.80. The molecule has 4 heterocycles. The molecule has 0 spiro atoms. The molecule has 9 N–H and O–H groups in total. The number of oxime groups is 1. The number of hydrogen-bond donors (Lipinski definition) is 7. The number of amidine groups is 1. The van der Waals surface area contributed by atoms with Gasteiger partial charge in [0.05, 0.1) is 18.2 Å². The van der Waals surface area contributed by atoms with E-state index in [0.29, 0.717) is 35.1 Å². The highest BCUT2D eigenvalue weighted by atomic mass is 32.3. The van der Waals surface area contributed by atoms with Crippen molar-refractivity contribution < 1.29 is 51.4 Å². The molecular weight excluding hydrogens is 700 g/mol. The van der Waals surface area contributed by atoms with Gasteiger partial charge in [-0.05, 0) is 76.8 Å². The van der Waals surface area contributed by atoms with Gasteiger partial charge in [0, 0.05) is 17.0 Å². The fourth-order valence-corrected chi connectivity index (χ4v) is 6.84. The quantitative estimate of drug-likeness (QED) is 0.0468. The zero-order chi connectivity index (χ0) is 36.6. The van der Waals surface area contributed by atoms with Gasteiger partial charge in [-0.3, -0.25) is 19.1 Å². The number of aliphatic hydroxyl groups excluding tert-OH is 1. The van der Waals surface area contributed by atoms with Gasteiger partial charge in [0.25, 0.3) is 17.4 Å². The average molecular weight is 739 g/mol. The average Bonchev–Trinajstić information content (AvgIpc) is 3.50. The van der Waals surface area contributed by atoms with E-state index in [1.807, 2.05) is 6.07 Å². The number of carboxylic acid groups (broad SMARTS) is 1. The lowest BCUT2D eigenvalue weighted by molar-refractivity contribution is -0.218. The fourth-order valence-electron chi connectivity index (χ4n) is 5.84. The van der Waals surface area contributed by atoms with Gasteiger partial charge >= 0.3 is 16.4 Å². The number of carbonyl (C=O) groups excluding carboxylic acids is 2. The number of thiazole rings is 1. The van der Waals surface area contributed by atoms with Crippen LogP contribution in [0.1, 0.15) is 56.9 Å². The van der Waals surface area contributed by atoms with E-state index in [2.05, 4.69) is 30.0 Å². The molecule has 5 rings (SSSR count). The van der Waals surface area contributed by atoms with Crippen LogP contribution in [0.3, 0.4) is 0 Å². The molecule has 3 aliphatic heterocycles. The van der Waals surface area contributed by atoms with Crippen LogP contribution in [0, 0.1) is 0 Å². The number of nitrogen functional groups attached to an aromatic ring is 1. The molecule has 50 heavy (non-hydrogen) atoms. The van der Waals surface area contributed by atoms with E-state index in [0.717, 1.165) is 29.9 Å². The third-order valence-corrected chi connectivity index (χ3v) is 9.79. The summed E-state index contributed by atoms with van der Waals surface area (Å²) in [5.41, 5.74) is 9.33. The molecule has 2 aromatic rings. The van der Waals surface area contributed by atoms with Crippen molar-refractivity contribution in [1.29, 1.82) is 0 Å². The number of aryl methyl sites for hydroxylation is 1. The predicted octanol–water partition coefficient (Wildman–Crippen LogP) is -0.659. The highest BCUT2D eigenvalue weighted by Crippen LogP contribution is 2.35. The maximum atomic E-state index is 13.5. The van der Waals surface area contributed by atoms with Gasteiger partial charge in [-0.15, -0.1) is 15.6 Å². The summed E-state index contributed by atoms with van der Waals surface area (Å²) in [6.07, 6.45) is 0.917. The molecule has 1 aromatic carbocycles. The number of hydrogen-bond acceptors (Lipinski definition) is 15. The molecule has 0 saturated carbocycles. The second kappa shape index (κ2) is 14.1. The number of aliphatic hydroxyl groups is 1. The van der Waals surface area contributed by atoms with Crippen molar-refractivity contribution in [1.82, 2.24) is 20.7 Å². The Balaban J connectivity index is 1.34. The summed E-state index contributed by atoms with van der Waals surface area (Å²) in [5, 5.41) is 31.1. The standard InChI is InChI=1S/C29H38N8O11S2/c1-28(2)22(25(40)37(28)48-50(43,44)45)35-24(39)21(18-13-49-27(31)34-18)36-47-29(3,26(41)42)20-7-5-14-10-15(4-6-19(14)46-20)23(30)33-16-8-9-32-17(11-16)12-38/h4,6,10,13,16-17,20,22,32,38H,5,7-9,11-12H2,1-3H3,(H2,30,33)(H2,31,34)(H,35,39)(H,41,42)(H,43,44,45)/t16-,17-,20?,22?,29?/m1/s1. The fraction of sp³-hybridized carbons (Fsp3) is 0.517. The number of nitrogens with one attached hydrogen (secondary N) is 2. The summed E-state index contributed by atoms with van der Waals surface area (Å²) < 4.78 is 41.8. The Morgan fingerprint density at radius 3 is 2.68 bits per heavy atom. The predicted molar refractivity (Wildman–Crippen MR) is 177 cm³/mol. The summed E-state index contributed by atoms with van der Waals surface area (Å²) in [6, 6.07) is 3.77. The van der Waals surface area contributed by atoms with Crippen LogP contribution in [0.5, 0.6) is 5.75 Å². The Hall–Kier alpha value is -4.41. The van der Waals surface area contributed by atoms with Crippen molar-refractivity contribution in [2.45, 2.75) is 81.8 Å². The van der Waals surface area contributed by atoms with Crippen molar-refractivity contribution in [3.63, 3.8) is 0 Å². The van der Waals surface area contributed by atoms with Gasteiger partial charge in [0.1, 0.15) is 23.3 Å². The van der Waals surface area contributed by atoms with Crippen molar-refractivity contribution >= 4 is 56.2 Å². The Morgan fingerprint density at radius 1 is 1.32 bits per heavy atom. The van der Waals surface area contributed by atoms with Crippen molar-refractivity contribution in [3.8, 4) is 5.75 Å². The molecule has 1 aromatic heterocycles. The summed E-state index contributed by atoms with van der Waals surface area (Å²) in [5.74, 6) is -2.74. The molecular formula is C29H38N8O11S2. The Labute approximate surface area is 290 Å².